The minimum absolute atomic E-state index is 0.0764. The SMILES string of the molecule is Nc1nc(Br)cn1C1CCCCO1. The molecule has 1 aliphatic rings. The van der Waals surface area contributed by atoms with Gasteiger partial charge in [-0.05, 0) is 35.2 Å². The number of imidazole rings is 1. The molecule has 2 N–H and O–H groups in total. The molecule has 2 heterocycles. The van der Waals surface area contributed by atoms with E-state index in [1.807, 2.05) is 10.8 Å². The second-order valence-electron chi connectivity index (χ2n) is 3.15. The Kier molecular flexibility index (Phi) is 2.55. The predicted octanol–water partition coefficient (Wildman–Crippen LogP) is 1.93. The summed E-state index contributed by atoms with van der Waals surface area (Å²) in [6.45, 7) is 0.819. The zero-order valence-electron chi connectivity index (χ0n) is 7.24. The van der Waals surface area contributed by atoms with Gasteiger partial charge in [-0.2, -0.15) is 0 Å². The van der Waals surface area contributed by atoms with Crippen LogP contribution in [-0.4, -0.2) is 16.2 Å². The highest BCUT2D eigenvalue weighted by Crippen LogP contribution is 2.26. The van der Waals surface area contributed by atoms with Crippen molar-refractivity contribution < 1.29 is 4.74 Å². The average molecular weight is 246 g/mol. The molecule has 0 aromatic carbocycles. The lowest BCUT2D eigenvalue weighted by Gasteiger charge is -2.24. The Hall–Kier alpha value is -0.550. The molecule has 1 aromatic rings. The molecule has 0 saturated carbocycles. The topological polar surface area (TPSA) is 53.1 Å². The van der Waals surface area contributed by atoms with E-state index in [0.717, 1.165) is 24.1 Å². The smallest absolute Gasteiger partial charge is 0.203 e. The average Bonchev–Trinajstić information content (AvgIpc) is 2.47. The Bertz CT molecular complexity index is 294. The molecule has 1 atom stereocenters. The monoisotopic (exact) mass is 245 g/mol. The lowest BCUT2D eigenvalue weighted by Crippen LogP contribution is -2.18. The molecule has 0 spiro atoms. The van der Waals surface area contributed by atoms with Crippen molar-refractivity contribution in [3.05, 3.63) is 10.8 Å². The van der Waals surface area contributed by atoms with Crippen LogP contribution in [0.2, 0.25) is 0 Å². The molecule has 2 rings (SSSR count). The van der Waals surface area contributed by atoms with Gasteiger partial charge in [-0.1, -0.05) is 0 Å². The largest absolute Gasteiger partial charge is 0.369 e. The number of nitrogens with zero attached hydrogens (tertiary/aromatic N) is 2. The molecule has 0 aliphatic carbocycles. The summed E-state index contributed by atoms with van der Waals surface area (Å²) >= 11 is 3.28. The highest BCUT2D eigenvalue weighted by Gasteiger charge is 2.18. The summed E-state index contributed by atoms with van der Waals surface area (Å²) in [6, 6.07) is 0. The summed E-state index contributed by atoms with van der Waals surface area (Å²) in [5.41, 5.74) is 5.71. The third-order valence-electron chi connectivity index (χ3n) is 2.20. The van der Waals surface area contributed by atoms with Crippen molar-refractivity contribution in [2.45, 2.75) is 25.5 Å². The summed E-state index contributed by atoms with van der Waals surface area (Å²) in [6.07, 6.45) is 5.30. The van der Waals surface area contributed by atoms with Crippen LogP contribution < -0.4 is 5.73 Å². The molecule has 13 heavy (non-hydrogen) atoms. The standard InChI is InChI=1S/C8H12BrN3O/c9-6-5-12(8(10)11-6)7-3-1-2-4-13-7/h5,7H,1-4H2,(H2,10,11). The fourth-order valence-corrected chi connectivity index (χ4v) is 1.95. The summed E-state index contributed by atoms with van der Waals surface area (Å²) in [5.74, 6) is 0.513. The summed E-state index contributed by atoms with van der Waals surface area (Å²) in [4.78, 5) is 4.06. The molecule has 0 bridgehead atoms. The minimum atomic E-state index is 0.0764. The van der Waals surface area contributed by atoms with Crippen LogP contribution in [0.4, 0.5) is 5.95 Å². The number of nitrogens with two attached hydrogens (primary N) is 1. The van der Waals surface area contributed by atoms with E-state index < -0.39 is 0 Å². The van der Waals surface area contributed by atoms with Crippen LogP contribution in [0.5, 0.6) is 0 Å². The molecule has 0 radical (unpaired) electrons. The van der Waals surface area contributed by atoms with Crippen LogP contribution in [0.1, 0.15) is 25.5 Å². The second-order valence-corrected chi connectivity index (χ2v) is 3.96. The van der Waals surface area contributed by atoms with Gasteiger partial charge >= 0.3 is 0 Å². The number of nitrogen functional groups attached to an aromatic ring is 1. The highest BCUT2D eigenvalue weighted by molar-refractivity contribution is 9.10. The van der Waals surface area contributed by atoms with Gasteiger partial charge in [-0.25, -0.2) is 4.98 Å². The molecule has 0 amide bonds. The van der Waals surface area contributed by atoms with E-state index in [9.17, 15) is 0 Å². The number of halogens is 1. The van der Waals surface area contributed by atoms with Gasteiger partial charge in [0.15, 0.2) is 0 Å². The van der Waals surface area contributed by atoms with Gasteiger partial charge in [0.2, 0.25) is 5.95 Å². The maximum absolute atomic E-state index is 5.71. The Morgan fingerprint density at radius 1 is 1.62 bits per heavy atom. The fraction of sp³-hybridized carbons (Fsp3) is 0.625. The number of ether oxygens (including phenoxy) is 1. The van der Waals surface area contributed by atoms with Crippen molar-refractivity contribution >= 4 is 21.9 Å². The first kappa shape index (κ1) is 9.02. The lowest BCUT2D eigenvalue weighted by molar-refractivity contribution is -0.0306. The zero-order chi connectivity index (χ0) is 9.26. The van der Waals surface area contributed by atoms with E-state index in [4.69, 9.17) is 10.5 Å². The maximum atomic E-state index is 5.71. The normalized spacial score (nSPS) is 23.3. The quantitative estimate of drug-likeness (QED) is 0.823. The van der Waals surface area contributed by atoms with Gasteiger partial charge in [-0.15, -0.1) is 0 Å². The Balaban J connectivity index is 2.18. The molecule has 1 aromatic heterocycles. The van der Waals surface area contributed by atoms with Crippen molar-refractivity contribution in [1.82, 2.24) is 9.55 Å². The lowest BCUT2D eigenvalue weighted by atomic mass is 10.2. The number of hydrogen-bond acceptors (Lipinski definition) is 3. The van der Waals surface area contributed by atoms with Crippen LogP contribution in [-0.2, 0) is 4.74 Å². The van der Waals surface area contributed by atoms with Crippen molar-refractivity contribution in [2.75, 3.05) is 12.3 Å². The van der Waals surface area contributed by atoms with Crippen molar-refractivity contribution in [1.29, 1.82) is 0 Å². The van der Waals surface area contributed by atoms with Gasteiger partial charge < -0.3 is 10.5 Å². The number of rotatable bonds is 1. The van der Waals surface area contributed by atoms with E-state index in [2.05, 4.69) is 20.9 Å². The van der Waals surface area contributed by atoms with Gasteiger partial charge in [-0.3, -0.25) is 4.57 Å². The van der Waals surface area contributed by atoms with E-state index in [0.29, 0.717) is 5.95 Å². The second kappa shape index (κ2) is 3.67. The Labute approximate surface area is 85.2 Å². The molecule has 1 saturated heterocycles. The number of hydrogen-bond donors (Lipinski definition) is 1. The Morgan fingerprint density at radius 2 is 2.46 bits per heavy atom. The zero-order valence-corrected chi connectivity index (χ0v) is 8.83. The van der Waals surface area contributed by atoms with Crippen molar-refractivity contribution in [2.24, 2.45) is 0 Å². The molecular weight excluding hydrogens is 234 g/mol. The van der Waals surface area contributed by atoms with E-state index >= 15 is 0 Å². The molecule has 4 nitrogen and oxygen atoms in total. The van der Waals surface area contributed by atoms with E-state index in [1.54, 1.807) is 0 Å². The van der Waals surface area contributed by atoms with E-state index in [1.165, 1.54) is 6.42 Å². The predicted molar refractivity (Wildman–Crippen MR) is 53.2 cm³/mol. The summed E-state index contributed by atoms with van der Waals surface area (Å²) < 4.78 is 8.22. The van der Waals surface area contributed by atoms with Gasteiger partial charge in [0.05, 0.1) is 0 Å². The van der Waals surface area contributed by atoms with Gasteiger partial charge in [0, 0.05) is 12.8 Å². The number of aromatic nitrogens is 2. The van der Waals surface area contributed by atoms with Crippen LogP contribution in [0, 0.1) is 0 Å². The van der Waals surface area contributed by atoms with Crippen molar-refractivity contribution in [3.8, 4) is 0 Å². The summed E-state index contributed by atoms with van der Waals surface area (Å²) in [5, 5.41) is 0. The minimum Gasteiger partial charge on any atom is -0.369 e. The molecule has 1 aliphatic heterocycles. The third-order valence-corrected chi connectivity index (χ3v) is 2.58. The first-order chi connectivity index (χ1) is 6.27. The van der Waals surface area contributed by atoms with Gasteiger partial charge in [0.25, 0.3) is 0 Å². The van der Waals surface area contributed by atoms with Crippen molar-refractivity contribution in [3.63, 3.8) is 0 Å². The van der Waals surface area contributed by atoms with Crippen LogP contribution in [0.25, 0.3) is 0 Å². The van der Waals surface area contributed by atoms with Crippen LogP contribution in [0.15, 0.2) is 10.8 Å². The van der Waals surface area contributed by atoms with Gasteiger partial charge in [0.1, 0.15) is 10.8 Å². The fourth-order valence-electron chi connectivity index (χ4n) is 1.55. The van der Waals surface area contributed by atoms with E-state index in [-0.39, 0.29) is 6.23 Å². The third kappa shape index (κ3) is 1.86. The molecule has 5 heteroatoms. The molecule has 1 fully saturated rings. The van der Waals surface area contributed by atoms with Crippen LogP contribution >= 0.6 is 15.9 Å². The Morgan fingerprint density at radius 3 is 3.00 bits per heavy atom. The molecule has 1 unspecified atom stereocenters. The first-order valence-electron chi connectivity index (χ1n) is 4.39. The number of anilines is 1. The van der Waals surface area contributed by atoms with Crippen LogP contribution in [0.3, 0.4) is 0 Å². The summed E-state index contributed by atoms with van der Waals surface area (Å²) in [7, 11) is 0. The maximum Gasteiger partial charge on any atom is 0.203 e. The highest BCUT2D eigenvalue weighted by atomic mass is 79.9. The molecular formula is C8H12BrN3O. The molecule has 72 valence electrons. The first-order valence-corrected chi connectivity index (χ1v) is 5.18.